The number of fused-ring (bicyclic) bond motifs is 1. The number of hydrogen-bond donors (Lipinski definition) is 1. The van der Waals surface area contributed by atoms with Gasteiger partial charge in [0.1, 0.15) is 0 Å². The highest BCUT2D eigenvalue weighted by atomic mass is 35.5. The number of nitrogens with one attached hydrogen (secondary N) is 1. The summed E-state index contributed by atoms with van der Waals surface area (Å²) in [4.78, 5) is 24.4. The van der Waals surface area contributed by atoms with E-state index in [9.17, 15) is 9.59 Å². The maximum atomic E-state index is 12.3. The van der Waals surface area contributed by atoms with Crippen LogP contribution in [0.3, 0.4) is 0 Å². The van der Waals surface area contributed by atoms with Gasteiger partial charge >= 0.3 is 5.97 Å². The molecule has 2 aromatic rings. The highest BCUT2D eigenvalue weighted by Crippen LogP contribution is 2.37. The Hall–Kier alpha value is -3.13. The molecule has 0 unspecified atom stereocenters. The Morgan fingerprint density at radius 2 is 1.93 bits per heavy atom. The van der Waals surface area contributed by atoms with Crippen molar-refractivity contribution in [2.75, 3.05) is 20.5 Å². The average Bonchev–Trinajstić information content (AvgIpc) is 3.19. The van der Waals surface area contributed by atoms with Crippen LogP contribution in [0.1, 0.15) is 29.8 Å². The van der Waals surface area contributed by atoms with Gasteiger partial charge in [-0.05, 0) is 43.7 Å². The third-order valence-corrected chi connectivity index (χ3v) is 4.36. The Morgan fingerprint density at radius 1 is 1.17 bits per heavy atom. The molecule has 1 heterocycles. The molecule has 3 rings (SSSR count). The first kappa shape index (κ1) is 21.6. The fraction of sp³-hybridized carbons (Fsp3) is 0.333. The lowest BCUT2D eigenvalue weighted by molar-refractivity contribution is -0.124. The minimum atomic E-state index is -0.704. The van der Waals surface area contributed by atoms with Gasteiger partial charge in [0.25, 0.3) is 5.91 Å². The Kier molecular flexibility index (Phi) is 6.89. The Labute approximate surface area is 179 Å². The third-order valence-electron chi connectivity index (χ3n) is 4.08. The van der Waals surface area contributed by atoms with Gasteiger partial charge in [-0.2, -0.15) is 0 Å². The number of carbonyl (C=O) groups excluding carboxylic acids is 2. The quantitative estimate of drug-likeness (QED) is 0.635. The third kappa shape index (κ3) is 5.27. The fourth-order valence-electron chi connectivity index (χ4n) is 2.70. The zero-order valence-electron chi connectivity index (χ0n) is 16.8. The highest BCUT2D eigenvalue weighted by Gasteiger charge is 2.19. The maximum Gasteiger partial charge on any atom is 0.338 e. The summed E-state index contributed by atoms with van der Waals surface area (Å²) in [5, 5.41) is 2.89. The lowest BCUT2D eigenvalue weighted by Crippen LogP contribution is -2.28. The molecule has 8 nitrogen and oxygen atoms in total. The van der Waals surface area contributed by atoms with Crippen LogP contribution in [0.5, 0.6) is 23.0 Å². The summed E-state index contributed by atoms with van der Waals surface area (Å²) in [5.41, 5.74) is 0.979. The van der Waals surface area contributed by atoms with E-state index in [0.717, 1.165) is 5.56 Å². The van der Waals surface area contributed by atoms with Crippen LogP contribution in [0.2, 0.25) is 5.02 Å². The lowest BCUT2D eigenvalue weighted by atomic mass is 10.2. The molecular formula is C21H22ClNO7. The molecule has 0 aromatic heterocycles. The molecule has 1 N–H and O–H groups in total. The molecular weight excluding hydrogens is 414 g/mol. The molecule has 0 fully saturated rings. The van der Waals surface area contributed by atoms with Crippen molar-refractivity contribution in [2.24, 2.45) is 0 Å². The number of benzene rings is 2. The van der Waals surface area contributed by atoms with E-state index in [4.69, 9.17) is 35.3 Å². The Balaban J connectivity index is 1.54. The second-order valence-electron chi connectivity index (χ2n) is 6.70. The van der Waals surface area contributed by atoms with E-state index in [2.05, 4.69) is 5.32 Å². The van der Waals surface area contributed by atoms with Crippen molar-refractivity contribution >= 4 is 23.5 Å². The summed E-state index contributed by atoms with van der Waals surface area (Å²) in [6.45, 7) is 3.70. The van der Waals surface area contributed by atoms with Gasteiger partial charge in [-0.15, -0.1) is 0 Å². The van der Waals surface area contributed by atoms with Gasteiger partial charge in [0.05, 0.1) is 23.8 Å². The molecule has 30 heavy (non-hydrogen) atoms. The molecule has 1 aliphatic rings. The first-order valence-electron chi connectivity index (χ1n) is 9.24. The van der Waals surface area contributed by atoms with Crippen LogP contribution in [-0.4, -0.2) is 38.5 Å². The van der Waals surface area contributed by atoms with Gasteiger partial charge in [-0.1, -0.05) is 17.7 Å². The van der Waals surface area contributed by atoms with E-state index in [1.165, 1.54) is 19.2 Å². The van der Waals surface area contributed by atoms with Crippen molar-refractivity contribution in [1.82, 2.24) is 5.32 Å². The van der Waals surface area contributed by atoms with Crippen molar-refractivity contribution in [3.05, 3.63) is 46.5 Å². The maximum absolute atomic E-state index is 12.3. The standard InChI is InChI=1S/C21H22ClNO7/c1-12(2)30-20-15(22)7-14(8-18(20)26-3)21(25)27-10-19(24)23-9-13-4-5-16-17(6-13)29-11-28-16/h4-8,12H,9-11H2,1-3H3,(H,23,24). The molecule has 0 saturated carbocycles. The molecule has 1 amide bonds. The molecule has 0 radical (unpaired) electrons. The number of hydrogen-bond acceptors (Lipinski definition) is 7. The van der Waals surface area contributed by atoms with Crippen LogP contribution in [0.4, 0.5) is 0 Å². The monoisotopic (exact) mass is 435 g/mol. The summed E-state index contributed by atoms with van der Waals surface area (Å²) < 4.78 is 26.5. The van der Waals surface area contributed by atoms with Crippen LogP contribution in [-0.2, 0) is 16.1 Å². The molecule has 0 bridgehead atoms. The average molecular weight is 436 g/mol. The largest absolute Gasteiger partial charge is 0.493 e. The minimum Gasteiger partial charge on any atom is -0.493 e. The molecule has 0 saturated heterocycles. The van der Waals surface area contributed by atoms with E-state index in [-0.39, 0.29) is 30.0 Å². The number of halogens is 1. The number of carbonyl (C=O) groups is 2. The molecule has 2 aromatic carbocycles. The molecule has 160 valence electrons. The first-order chi connectivity index (χ1) is 14.4. The van der Waals surface area contributed by atoms with E-state index >= 15 is 0 Å². The zero-order chi connectivity index (χ0) is 21.7. The van der Waals surface area contributed by atoms with Crippen molar-refractivity contribution in [2.45, 2.75) is 26.5 Å². The van der Waals surface area contributed by atoms with Gasteiger partial charge in [0, 0.05) is 6.54 Å². The number of rotatable bonds is 8. The van der Waals surface area contributed by atoms with E-state index in [1.807, 2.05) is 19.9 Å². The van der Waals surface area contributed by atoms with E-state index < -0.39 is 18.5 Å². The summed E-state index contributed by atoms with van der Waals surface area (Å²) in [6.07, 6.45) is -0.123. The van der Waals surface area contributed by atoms with Crippen LogP contribution >= 0.6 is 11.6 Å². The molecule has 0 atom stereocenters. The smallest absolute Gasteiger partial charge is 0.338 e. The van der Waals surface area contributed by atoms with Crippen molar-refractivity contribution < 1.29 is 33.3 Å². The predicted molar refractivity (Wildman–Crippen MR) is 108 cm³/mol. The van der Waals surface area contributed by atoms with Gasteiger partial charge < -0.3 is 29.0 Å². The van der Waals surface area contributed by atoms with Crippen molar-refractivity contribution in [1.29, 1.82) is 0 Å². The SMILES string of the molecule is COc1cc(C(=O)OCC(=O)NCc2ccc3c(c2)OCO3)cc(Cl)c1OC(C)C. The topological polar surface area (TPSA) is 92.3 Å². The Bertz CT molecular complexity index is 945. The van der Waals surface area contributed by atoms with Crippen molar-refractivity contribution in [3.8, 4) is 23.0 Å². The minimum absolute atomic E-state index is 0.123. The zero-order valence-corrected chi connectivity index (χ0v) is 17.6. The predicted octanol–water partition coefficient (Wildman–Crippen LogP) is 3.34. The van der Waals surface area contributed by atoms with Crippen LogP contribution in [0.25, 0.3) is 0 Å². The number of ether oxygens (including phenoxy) is 5. The number of esters is 1. The van der Waals surface area contributed by atoms with Gasteiger partial charge in [0.2, 0.25) is 6.79 Å². The van der Waals surface area contributed by atoms with E-state index in [1.54, 1.807) is 12.1 Å². The molecule has 0 spiro atoms. The molecule has 1 aliphatic heterocycles. The normalized spacial score (nSPS) is 11.9. The second-order valence-corrected chi connectivity index (χ2v) is 7.10. The molecule has 0 aliphatic carbocycles. The van der Waals surface area contributed by atoms with Crippen LogP contribution in [0.15, 0.2) is 30.3 Å². The summed E-state index contributed by atoms with van der Waals surface area (Å²) in [6, 6.07) is 8.23. The second kappa shape index (κ2) is 9.58. The highest BCUT2D eigenvalue weighted by molar-refractivity contribution is 6.32. The summed E-state index contributed by atoms with van der Waals surface area (Å²) in [7, 11) is 1.44. The fourth-order valence-corrected chi connectivity index (χ4v) is 2.96. The number of amides is 1. The van der Waals surface area contributed by atoms with Crippen LogP contribution < -0.4 is 24.3 Å². The van der Waals surface area contributed by atoms with E-state index in [0.29, 0.717) is 23.0 Å². The lowest BCUT2D eigenvalue weighted by Gasteiger charge is -2.16. The van der Waals surface area contributed by atoms with Crippen molar-refractivity contribution in [3.63, 3.8) is 0 Å². The summed E-state index contributed by atoms with van der Waals surface area (Å²) >= 11 is 6.21. The van der Waals surface area contributed by atoms with Crippen LogP contribution in [0, 0.1) is 0 Å². The number of methoxy groups -OCH3 is 1. The molecule has 9 heteroatoms. The summed E-state index contributed by atoms with van der Waals surface area (Å²) in [5.74, 6) is 0.785. The Morgan fingerprint density at radius 3 is 2.67 bits per heavy atom. The first-order valence-corrected chi connectivity index (χ1v) is 9.61. The van der Waals surface area contributed by atoms with Gasteiger partial charge in [-0.25, -0.2) is 4.79 Å². The van der Waals surface area contributed by atoms with Gasteiger partial charge in [0.15, 0.2) is 29.6 Å². The van der Waals surface area contributed by atoms with Gasteiger partial charge in [-0.3, -0.25) is 4.79 Å².